The molecule has 3 nitrogen and oxygen atoms in total. The Morgan fingerprint density at radius 2 is 2.06 bits per heavy atom. The summed E-state index contributed by atoms with van der Waals surface area (Å²) in [7, 11) is 0. The summed E-state index contributed by atoms with van der Waals surface area (Å²) in [4.78, 5) is 11.9. The van der Waals surface area contributed by atoms with E-state index in [0.717, 1.165) is 12.0 Å². The van der Waals surface area contributed by atoms with E-state index < -0.39 is 5.54 Å². The van der Waals surface area contributed by atoms with Crippen LogP contribution in [0.1, 0.15) is 25.8 Å². The smallest absolute Gasteiger partial charge is 0.224 e. The number of carbonyl (C=O) groups excluding carboxylic acids is 1. The second-order valence-electron chi connectivity index (χ2n) is 5.16. The molecule has 0 aliphatic heterocycles. The summed E-state index contributed by atoms with van der Waals surface area (Å²) in [6.45, 7) is 3.83. The first-order valence-electron chi connectivity index (χ1n) is 6.05. The van der Waals surface area contributed by atoms with Gasteiger partial charge in [-0.1, -0.05) is 37.3 Å². The molecule has 1 fully saturated rings. The van der Waals surface area contributed by atoms with Gasteiger partial charge in [-0.05, 0) is 24.8 Å². The van der Waals surface area contributed by atoms with Gasteiger partial charge in [-0.25, -0.2) is 0 Å². The molecule has 17 heavy (non-hydrogen) atoms. The van der Waals surface area contributed by atoms with E-state index in [1.807, 2.05) is 37.3 Å². The first-order valence-corrected chi connectivity index (χ1v) is 6.05. The van der Waals surface area contributed by atoms with Crippen LogP contribution in [0.2, 0.25) is 0 Å². The zero-order valence-electron chi connectivity index (χ0n) is 10.3. The zero-order valence-corrected chi connectivity index (χ0v) is 10.3. The Kier molecular flexibility index (Phi) is 3.20. The van der Waals surface area contributed by atoms with Crippen LogP contribution in [0.3, 0.4) is 0 Å². The molecule has 2 rings (SSSR count). The number of hydrogen-bond acceptors (Lipinski definition) is 2. The molecule has 0 spiro atoms. The average molecular weight is 233 g/mol. The summed E-state index contributed by atoms with van der Waals surface area (Å²) in [6, 6.07) is 9.59. The quantitative estimate of drug-likeness (QED) is 0.831. The topological polar surface area (TPSA) is 49.3 Å². The molecule has 1 saturated carbocycles. The van der Waals surface area contributed by atoms with Gasteiger partial charge in [0.05, 0.1) is 12.1 Å². The van der Waals surface area contributed by atoms with Gasteiger partial charge in [-0.15, -0.1) is 0 Å². The highest BCUT2D eigenvalue weighted by atomic mass is 16.3. The maximum Gasteiger partial charge on any atom is 0.224 e. The van der Waals surface area contributed by atoms with Crippen LogP contribution in [0.25, 0.3) is 0 Å². The predicted octanol–water partition coefficient (Wildman–Crippen LogP) is 1.67. The minimum Gasteiger partial charge on any atom is -0.394 e. The lowest BCUT2D eigenvalue weighted by molar-refractivity contribution is -0.125. The van der Waals surface area contributed by atoms with Gasteiger partial charge in [-0.2, -0.15) is 0 Å². The van der Waals surface area contributed by atoms with Crippen molar-refractivity contribution in [3.63, 3.8) is 0 Å². The minimum atomic E-state index is -0.680. The number of rotatable bonds is 4. The molecule has 0 aromatic heterocycles. The summed E-state index contributed by atoms with van der Waals surface area (Å²) >= 11 is 0. The molecule has 1 amide bonds. The first-order chi connectivity index (χ1) is 8.07. The second kappa shape index (κ2) is 4.49. The van der Waals surface area contributed by atoms with Crippen LogP contribution < -0.4 is 5.32 Å². The maximum atomic E-state index is 11.9. The third-order valence-electron chi connectivity index (χ3n) is 3.57. The van der Waals surface area contributed by atoms with E-state index in [2.05, 4.69) is 12.2 Å². The monoisotopic (exact) mass is 233 g/mol. The van der Waals surface area contributed by atoms with Crippen LogP contribution in [0, 0.1) is 11.8 Å². The molecule has 1 aliphatic carbocycles. The SMILES string of the molecule is CC1CC1C(=O)NC(C)(CO)c1ccccc1. The number of hydrogen-bond donors (Lipinski definition) is 2. The predicted molar refractivity (Wildman–Crippen MR) is 66.3 cm³/mol. The van der Waals surface area contributed by atoms with Crippen molar-refractivity contribution in [1.29, 1.82) is 0 Å². The highest BCUT2D eigenvalue weighted by molar-refractivity contribution is 5.82. The van der Waals surface area contributed by atoms with Crippen molar-refractivity contribution in [2.75, 3.05) is 6.61 Å². The number of aliphatic hydroxyl groups is 1. The van der Waals surface area contributed by atoms with Crippen molar-refractivity contribution in [1.82, 2.24) is 5.32 Å². The Balaban J connectivity index is 2.12. The molecule has 0 bridgehead atoms. The molecule has 0 radical (unpaired) electrons. The van der Waals surface area contributed by atoms with E-state index in [4.69, 9.17) is 0 Å². The summed E-state index contributed by atoms with van der Waals surface area (Å²) in [5.74, 6) is 0.663. The van der Waals surface area contributed by atoms with Crippen molar-refractivity contribution in [2.45, 2.75) is 25.8 Å². The van der Waals surface area contributed by atoms with Gasteiger partial charge in [0.15, 0.2) is 0 Å². The zero-order chi connectivity index (χ0) is 12.5. The molecule has 3 atom stereocenters. The number of nitrogens with one attached hydrogen (secondary N) is 1. The number of carbonyl (C=O) groups is 1. The Morgan fingerprint density at radius 1 is 1.47 bits per heavy atom. The van der Waals surface area contributed by atoms with Crippen molar-refractivity contribution in [3.05, 3.63) is 35.9 Å². The molecule has 1 aliphatic rings. The number of benzene rings is 1. The number of aliphatic hydroxyl groups excluding tert-OH is 1. The van der Waals surface area contributed by atoms with Crippen molar-refractivity contribution in [3.8, 4) is 0 Å². The molecule has 3 heteroatoms. The summed E-state index contributed by atoms with van der Waals surface area (Å²) in [5, 5.41) is 12.5. The van der Waals surface area contributed by atoms with E-state index in [1.165, 1.54) is 0 Å². The van der Waals surface area contributed by atoms with E-state index in [0.29, 0.717) is 5.92 Å². The molecular weight excluding hydrogens is 214 g/mol. The van der Waals surface area contributed by atoms with Gasteiger partial charge in [0.2, 0.25) is 5.91 Å². The van der Waals surface area contributed by atoms with Gasteiger partial charge in [0.1, 0.15) is 0 Å². The molecule has 3 unspecified atom stereocenters. The Labute approximate surface area is 102 Å². The van der Waals surface area contributed by atoms with Crippen molar-refractivity contribution >= 4 is 5.91 Å². The fraction of sp³-hybridized carbons (Fsp3) is 0.500. The van der Waals surface area contributed by atoms with Crippen LogP contribution in [0.4, 0.5) is 0 Å². The second-order valence-corrected chi connectivity index (χ2v) is 5.16. The van der Waals surface area contributed by atoms with Crippen LogP contribution in [0.15, 0.2) is 30.3 Å². The Bertz CT molecular complexity index is 404. The van der Waals surface area contributed by atoms with E-state index in [1.54, 1.807) is 0 Å². The lowest BCUT2D eigenvalue weighted by Crippen LogP contribution is -2.47. The fourth-order valence-electron chi connectivity index (χ4n) is 2.06. The summed E-state index contributed by atoms with van der Waals surface area (Å²) < 4.78 is 0. The standard InChI is InChI=1S/C14H19NO2/c1-10-8-12(10)13(17)15-14(2,9-16)11-6-4-3-5-7-11/h3-7,10,12,16H,8-9H2,1-2H3,(H,15,17). The van der Waals surface area contributed by atoms with Crippen molar-refractivity contribution < 1.29 is 9.90 Å². The summed E-state index contributed by atoms with van der Waals surface area (Å²) in [6.07, 6.45) is 0.960. The third-order valence-corrected chi connectivity index (χ3v) is 3.57. The normalized spacial score (nSPS) is 26.1. The molecule has 92 valence electrons. The van der Waals surface area contributed by atoms with E-state index in [9.17, 15) is 9.90 Å². The first kappa shape index (κ1) is 12.1. The van der Waals surface area contributed by atoms with E-state index >= 15 is 0 Å². The van der Waals surface area contributed by atoms with Crippen LogP contribution in [0.5, 0.6) is 0 Å². The van der Waals surface area contributed by atoms with Crippen LogP contribution in [-0.2, 0) is 10.3 Å². The maximum absolute atomic E-state index is 11.9. The van der Waals surface area contributed by atoms with Gasteiger partial charge >= 0.3 is 0 Å². The molecule has 0 heterocycles. The molecule has 1 aromatic carbocycles. The van der Waals surface area contributed by atoms with Gasteiger partial charge in [0.25, 0.3) is 0 Å². The fourth-order valence-corrected chi connectivity index (χ4v) is 2.06. The highest BCUT2D eigenvalue weighted by Gasteiger charge is 2.41. The van der Waals surface area contributed by atoms with E-state index in [-0.39, 0.29) is 18.4 Å². The van der Waals surface area contributed by atoms with Gasteiger partial charge < -0.3 is 10.4 Å². The van der Waals surface area contributed by atoms with Crippen molar-refractivity contribution in [2.24, 2.45) is 11.8 Å². The molecule has 0 saturated heterocycles. The lowest BCUT2D eigenvalue weighted by atomic mass is 9.92. The Hall–Kier alpha value is -1.35. The van der Waals surface area contributed by atoms with Crippen LogP contribution in [-0.4, -0.2) is 17.6 Å². The van der Waals surface area contributed by atoms with Crippen LogP contribution >= 0.6 is 0 Å². The molecule has 1 aromatic rings. The minimum absolute atomic E-state index is 0.0536. The molecule has 2 N–H and O–H groups in total. The summed E-state index contributed by atoms with van der Waals surface area (Å²) in [5.41, 5.74) is 0.254. The lowest BCUT2D eigenvalue weighted by Gasteiger charge is -2.29. The van der Waals surface area contributed by atoms with Gasteiger partial charge in [0, 0.05) is 5.92 Å². The average Bonchev–Trinajstić information content (AvgIpc) is 3.07. The van der Waals surface area contributed by atoms with Gasteiger partial charge in [-0.3, -0.25) is 4.79 Å². The highest BCUT2D eigenvalue weighted by Crippen LogP contribution is 2.38. The number of amides is 1. The third kappa shape index (κ3) is 2.50. The largest absolute Gasteiger partial charge is 0.394 e. The Morgan fingerprint density at radius 3 is 2.53 bits per heavy atom. The molecular formula is C14H19NO2.